The van der Waals surface area contributed by atoms with E-state index < -0.39 is 0 Å². The highest BCUT2D eigenvalue weighted by Crippen LogP contribution is 2.41. The number of amides is 1. The second-order valence-electron chi connectivity index (χ2n) is 10.4. The summed E-state index contributed by atoms with van der Waals surface area (Å²) in [5.41, 5.74) is 4.95. The molecule has 9 heteroatoms. The van der Waals surface area contributed by atoms with Crippen LogP contribution in [0.15, 0.2) is 47.4 Å². The van der Waals surface area contributed by atoms with E-state index in [1.807, 2.05) is 38.1 Å². The molecule has 1 aromatic carbocycles. The third-order valence-electron chi connectivity index (χ3n) is 6.62. The number of rotatable bonds is 6. The first kappa shape index (κ1) is 25.0. The van der Waals surface area contributed by atoms with Crippen molar-refractivity contribution in [3.8, 4) is 11.1 Å². The van der Waals surface area contributed by atoms with Gasteiger partial charge in [-0.05, 0) is 48.6 Å². The number of anilines is 3. The Hall–Kier alpha value is -3.69. The molecule has 0 saturated carbocycles. The van der Waals surface area contributed by atoms with E-state index in [1.165, 1.54) is 4.88 Å². The topological polar surface area (TPSA) is 103 Å². The first-order valence-electron chi connectivity index (χ1n) is 12.3. The summed E-state index contributed by atoms with van der Waals surface area (Å²) in [6.07, 6.45) is 1.79. The van der Waals surface area contributed by atoms with E-state index in [0.29, 0.717) is 35.8 Å². The zero-order chi connectivity index (χ0) is 26.5. The predicted octanol–water partition coefficient (Wildman–Crippen LogP) is 5.32. The van der Waals surface area contributed by atoms with Gasteiger partial charge in [0.1, 0.15) is 5.69 Å². The first-order chi connectivity index (χ1) is 17.6. The Morgan fingerprint density at radius 2 is 1.97 bits per heavy atom. The molecule has 1 amide bonds. The highest BCUT2D eigenvalue weighted by atomic mass is 32.1. The van der Waals surface area contributed by atoms with E-state index in [-0.39, 0.29) is 23.5 Å². The van der Waals surface area contributed by atoms with Crippen LogP contribution in [0.25, 0.3) is 11.1 Å². The average Bonchev–Trinajstić information content (AvgIpc) is 3.55. The minimum Gasteiger partial charge on any atom is -0.392 e. The van der Waals surface area contributed by atoms with Crippen molar-refractivity contribution in [3.05, 3.63) is 79.5 Å². The molecule has 37 heavy (non-hydrogen) atoms. The van der Waals surface area contributed by atoms with Crippen molar-refractivity contribution >= 4 is 34.4 Å². The molecule has 4 aromatic rings. The molecule has 1 aliphatic rings. The number of hydrogen-bond acceptors (Lipinski definition) is 6. The predicted molar refractivity (Wildman–Crippen MR) is 148 cm³/mol. The maximum absolute atomic E-state index is 13.4. The van der Waals surface area contributed by atoms with Crippen LogP contribution in [0.5, 0.6) is 0 Å². The minimum atomic E-state index is -0.247. The number of nitrogens with zero attached hydrogens (tertiary/aromatic N) is 3. The number of aryl methyl sites for hydroxylation is 2. The summed E-state index contributed by atoms with van der Waals surface area (Å²) in [6.45, 7) is 10.9. The number of nitrogens with one attached hydrogen (secondary N) is 2. The number of carbonyl (C=O) groups is 1. The Balaban J connectivity index is 1.56. The number of aromatic nitrogens is 3. The SMILES string of the molecule is CCn1cc(-c2cccc(N3Cc4cc(C(C)(C)C)sc4C3=O)c2CO)cc(Nc2cc(C)[nH]n2)c1=O. The maximum atomic E-state index is 13.4. The number of benzene rings is 1. The van der Waals surface area contributed by atoms with Gasteiger partial charge < -0.3 is 19.9 Å². The first-order valence-corrected chi connectivity index (χ1v) is 13.1. The van der Waals surface area contributed by atoms with Crippen LogP contribution < -0.4 is 15.8 Å². The molecule has 0 spiro atoms. The molecule has 3 aromatic heterocycles. The molecule has 192 valence electrons. The summed E-state index contributed by atoms with van der Waals surface area (Å²) in [5.74, 6) is 0.506. The molecule has 0 atom stereocenters. The van der Waals surface area contributed by atoms with Crippen LogP contribution in [0.4, 0.5) is 17.2 Å². The normalized spacial score (nSPS) is 13.4. The minimum absolute atomic E-state index is 0.0149. The Morgan fingerprint density at radius 1 is 1.19 bits per heavy atom. The Bertz CT molecular complexity index is 1560. The third kappa shape index (κ3) is 4.49. The zero-order valence-corrected chi connectivity index (χ0v) is 22.5. The number of fused-ring (bicyclic) bond motifs is 1. The third-order valence-corrected chi connectivity index (χ3v) is 8.21. The largest absolute Gasteiger partial charge is 0.392 e. The summed E-state index contributed by atoms with van der Waals surface area (Å²) >= 11 is 1.55. The summed E-state index contributed by atoms with van der Waals surface area (Å²) in [7, 11) is 0. The summed E-state index contributed by atoms with van der Waals surface area (Å²) in [4.78, 5) is 30.2. The van der Waals surface area contributed by atoms with Crippen molar-refractivity contribution in [1.29, 1.82) is 0 Å². The van der Waals surface area contributed by atoms with Crippen LogP contribution in [0.1, 0.15) is 59.1 Å². The van der Waals surface area contributed by atoms with Crippen molar-refractivity contribution in [3.63, 3.8) is 0 Å². The van der Waals surface area contributed by atoms with Gasteiger partial charge in [0.25, 0.3) is 11.5 Å². The van der Waals surface area contributed by atoms with Gasteiger partial charge in [0.2, 0.25) is 0 Å². The number of pyridine rings is 1. The molecular weight excluding hydrogens is 486 g/mol. The monoisotopic (exact) mass is 517 g/mol. The quantitative estimate of drug-likeness (QED) is 0.321. The van der Waals surface area contributed by atoms with E-state index in [4.69, 9.17) is 0 Å². The van der Waals surface area contributed by atoms with Gasteiger partial charge in [0.05, 0.1) is 23.7 Å². The van der Waals surface area contributed by atoms with Gasteiger partial charge in [-0.15, -0.1) is 11.3 Å². The number of hydrogen-bond donors (Lipinski definition) is 3. The Morgan fingerprint density at radius 3 is 2.59 bits per heavy atom. The molecule has 1 aliphatic heterocycles. The zero-order valence-electron chi connectivity index (χ0n) is 21.7. The van der Waals surface area contributed by atoms with Crippen LogP contribution in [0.2, 0.25) is 0 Å². The summed E-state index contributed by atoms with van der Waals surface area (Å²) in [6, 6.07) is 11.4. The number of aromatic amines is 1. The highest BCUT2D eigenvalue weighted by molar-refractivity contribution is 7.14. The van der Waals surface area contributed by atoms with Gasteiger partial charge in [-0.1, -0.05) is 32.9 Å². The van der Waals surface area contributed by atoms with Gasteiger partial charge in [-0.3, -0.25) is 14.7 Å². The van der Waals surface area contributed by atoms with Crippen LogP contribution >= 0.6 is 11.3 Å². The van der Waals surface area contributed by atoms with Crippen LogP contribution in [0, 0.1) is 6.92 Å². The highest BCUT2D eigenvalue weighted by Gasteiger charge is 2.34. The lowest BCUT2D eigenvalue weighted by atomic mass is 9.94. The number of aliphatic hydroxyl groups excluding tert-OH is 1. The lowest BCUT2D eigenvalue weighted by molar-refractivity contribution is 0.0999. The van der Waals surface area contributed by atoms with E-state index >= 15 is 0 Å². The molecular formula is C28H31N5O3S. The smallest absolute Gasteiger partial charge is 0.274 e. The van der Waals surface area contributed by atoms with E-state index in [1.54, 1.807) is 33.1 Å². The maximum Gasteiger partial charge on any atom is 0.274 e. The number of carbonyl (C=O) groups excluding carboxylic acids is 1. The molecule has 0 fully saturated rings. The fourth-order valence-corrected chi connectivity index (χ4v) is 5.83. The fraction of sp³-hybridized carbons (Fsp3) is 0.321. The van der Waals surface area contributed by atoms with Crippen molar-refractivity contribution in [2.75, 3.05) is 10.2 Å². The second kappa shape index (κ2) is 9.32. The fourth-order valence-electron chi connectivity index (χ4n) is 4.65. The molecule has 5 rings (SSSR count). The van der Waals surface area contributed by atoms with E-state index in [9.17, 15) is 14.7 Å². The van der Waals surface area contributed by atoms with Crippen LogP contribution in [-0.4, -0.2) is 25.8 Å². The molecule has 8 nitrogen and oxygen atoms in total. The Labute approximate surface area is 219 Å². The molecule has 0 saturated heterocycles. The van der Waals surface area contributed by atoms with Gasteiger partial charge in [0, 0.05) is 40.5 Å². The molecule has 3 N–H and O–H groups in total. The van der Waals surface area contributed by atoms with Crippen molar-refractivity contribution in [1.82, 2.24) is 14.8 Å². The van der Waals surface area contributed by atoms with Gasteiger partial charge in [-0.25, -0.2) is 0 Å². The summed E-state index contributed by atoms with van der Waals surface area (Å²) < 4.78 is 1.62. The van der Waals surface area contributed by atoms with Gasteiger partial charge >= 0.3 is 0 Å². The van der Waals surface area contributed by atoms with E-state index in [0.717, 1.165) is 27.3 Å². The number of H-pyrrole nitrogens is 1. The molecule has 0 unspecified atom stereocenters. The van der Waals surface area contributed by atoms with Gasteiger partial charge in [0.15, 0.2) is 5.82 Å². The standard InChI is InChI=1S/C28H31N5O3S/c1-6-32-13-17(11-21(26(32)35)29-24-10-16(2)30-31-24)19-8-7-9-22(20(19)15-34)33-14-18-12-23(28(3,4)5)37-25(18)27(33)36/h7-13,34H,6,14-15H2,1-5H3,(H2,29,30,31). The number of thiophene rings is 1. The molecule has 0 bridgehead atoms. The summed E-state index contributed by atoms with van der Waals surface area (Å²) in [5, 5.41) is 20.7. The second-order valence-corrected chi connectivity index (χ2v) is 11.4. The van der Waals surface area contributed by atoms with Crippen LogP contribution in [-0.2, 0) is 25.1 Å². The molecule has 0 radical (unpaired) electrons. The van der Waals surface area contributed by atoms with Crippen molar-refractivity contribution in [2.24, 2.45) is 0 Å². The van der Waals surface area contributed by atoms with Crippen molar-refractivity contribution in [2.45, 2.75) is 59.7 Å². The van der Waals surface area contributed by atoms with Gasteiger partial charge in [-0.2, -0.15) is 5.10 Å². The lowest BCUT2D eigenvalue weighted by Gasteiger charge is -2.23. The molecule has 0 aliphatic carbocycles. The number of aliphatic hydroxyl groups is 1. The van der Waals surface area contributed by atoms with Crippen LogP contribution in [0.3, 0.4) is 0 Å². The molecule has 4 heterocycles. The van der Waals surface area contributed by atoms with E-state index in [2.05, 4.69) is 42.4 Å². The van der Waals surface area contributed by atoms with Crippen molar-refractivity contribution < 1.29 is 9.90 Å². The Kier molecular flexibility index (Phi) is 6.29. The average molecular weight is 518 g/mol. The lowest BCUT2D eigenvalue weighted by Crippen LogP contribution is -2.25.